The predicted octanol–water partition coefficient (Wildman–Crippen LogP) is 1.45. The van der Waals surface area contributed by atoms with Crippen molar-refractivity contribution < 1.29 is 13.9 Å². The maximum Gasteiger partial charge on any atom is 0.341 e. The number of hydrogen-bond acceptors (Lipinski definition) is 6. The van der Waals surface area contributed by atoms with Crippen LogP contribution in [0.1, 0.15) is 27.6 Å². The van der Waals surface area contributed by atoms with Crippen LogP contribution in [0.2, 0.25) is 0 Å². The van der Waals surface area contributed by atoms with Crippen molar-refractivity contribution in [2.24, 2.45) is 0 Å². The van der Waals surface area contributed by atoms with Gasteiger partial charge in [0.05, 0.1) is 24.9 Å². The molecule has 0 saturated carbocycles. The second kappa shape index (κ2) is 6.10. The van der Waals surface area contributed by atoms with Gasteiger partial charge in [-0.05, 0) is 19.1 Å². The van der Waals surface area contributed by atoms with Gasteiger partial charge in [0.1, 0.15) is 17.8 Å². The highest BCUT2D eigenvalue weighted by Crippen LogP contribution is 2.08. The first-order valence-electron chi connectivity index (χ1n) is 5.84. The van der Waals surface area contributed by atoms with E-state index in [1.54, 1.807) is 12.3 Å². The van der Waals surface area contributed by atoms with E-state index < -0.39 is 5.97 Å². The number of methoxy groups -OCH3 is 1. The highest BCUT2D eigenvalue weighted by molar-refractivity contribution is 5.88. The summed E-state index contributed by atoms with van der Waals surface area (Å²) in [5, 5.41) is 3.18. The number of ether oxygens (including phenoxy) is 1. The third-order valence-corrected chi connectivity index (χ3v) is 2.51. The number of nitrogens with zero attached hydrogens (tertiary/aromatic N) is 2. The first kappa shape index (κ1) is 13.2. The van der Waals surface area contributed by atoms with E-state index in [1.165, 1.54) is 13.4 Å². The minimum absolute atomic E-state index is 0.401. The van der Waals surface area contributed by atoms with Crippen molar-refractivity contribution in [1.29, 1.82) is 0 Å². The van der Waals surface area contributed by atoms with Crippen LogP contribution in [-0.2, 0) is 17.8 Å². The minimum Gasteiger partial charge on any atom is -0.467 e. The summed E-state index contributed by atoms with van der Waals surface area (Å²) in [4.78, 5) is 19.5. The van der Waals surface area contributed by atoms with E-state index in [-0.39, 0.29) is 0 Å². The molecule has 0 radical (unpaired) electrons. The molecule has 6 nitrogen and oxygen atoms in total. The lowest BCUT2D eigenvalue weighted by molar-refractivity contribution is 0.0600. The Morgan fingerprint density at radius 1 is 1.47 bits per heavy atom. The SMILES string of the molecule is COC(=O)c1coc(CNCc2ccnc(C)n2)c1. The summed E-state index contributed by atoms with van der Waals surface area (Å²) in [5.41, 5.74) is 1.32. The monoisotopic (exact) mass is 261 g/mol. The van der Waals surface area contributed by atoms with Gasteiger partial charge in [0, 0.05) is 12.7 Å². The maximum absolute atomic E-state index is 11.2. The van der Waals surface area contributed by atoms with E-state index in [2.05, 4.69) is 20.0 Å². The van der Waals surface area contributed by atoms with Gasteiger partial charge in [-0.3, -0.25) is 0 Å². The molecular formula is C13H15N3O3. The Hall–Kier alpha value is -2.21. The number of hydrogen-bond donors (Lipinski definition) is 1. The summed E-state index contributed by atoms with van der Waals surface area (Å²) in [6, 6.07) is 3.51. The fourth-order valence-corrected chi connectivity index (χ4v) is 1.62. The van der Waals surface area contributed by atoms with E-state index in [9.17, 15) is 4.79 Å². The smallest absolute Gasteiger partial charge is 0.341 e. The molecular weight excluding hydrogens is 246 g/mol. The first-order valence-corrected chi connectivity index (χ1v) is 5.84. The maximum atomic E-state index is 11.2. The van der Waals surface area contributed by atoms with Gasteiger partial charge in [0.2, 0.25) is 0 Å². The molecule has 0 atom stereocenters. The number of carbonyl (C=O) groups is 1. The molecule has 0 aromatic carbocycles. The molecule has 19 heavy (non-hydrogen) atoms. The summed E-state index contributed by atoms with van der Waals surface area (Å²) in [7, 11) is 1.34. The quantitative estimate of drug-likeness (QED) is 0.821. The Balaban J connectivity index is 1.86. The van der Waals surface area contributed by atoms with Crippen molar-refractivity contribution >= 4 is 5.97 Å². The zero-order valence-electron chi connectivity index (χ0n) is 10.8. The van der Waals surface area contributed by atoms with Crippen LogP contribution in [0.3, 0.4) is 0 Å². The van der Waals surface area contributed by atoms with Crippen molar-refractivity contribution in [2.45, 2.75) is 20.0 Å². The number of aryl methyl sites for hydroxylation is 1. The Labute approximate surface area is 110 Å². The van der Waals surface area contributed by atoms with Gasteiger partial charge in [-0.1, -0.05) is 0 Å². The van der Waals surface area contributed by atoms with Gasteiger partial charge in [0.25, 0.3) is 0 Å². The van der Waals surface area contributed by atoms with E-state index >= 15 is 0 Å². The third kappa shape index (κ3) is 3.62. The molecule has 0 bridgehead atoms. The molecule has 1 N–H and O–H groups in total. The molecule has 2 rings (SSSR count). The number of esters is 1. The van der Waals surface area contributed by atoms with Crippen molar-refractivity contribution in [3.05, 3.63) is 47.4 Å². The molecule has 2 aromatic heterocycles. The van der Waals surface area contributed by atoms with Crippen LogP contribution >= 0.6 is 0 Å². The van der Waals surface area contributed by atoms with Crippen LogP contribution in [0.25, 0.3) is 0 Å². The average molecular weight is 261 g/mol. The fourth-order valence-electron chi connectivity index (χ4n) is 1.62. The predicted molar refractivity (Wildman–Crippen MR) is 67.4 cm³/mol. The van der Waals surface area contributed by atoms with Gasteiger partial charge in [0.15, 0.2) is 0 Å². The Kier molecular flexibility index (Phi) is 4.25. The second-order valence-corrected chi connectivity index (χ2v) is 3.99. The van der Waals surface area contributed by atoms with Gasteiger partial charge in [-0.15, -0.1) is 0 Å². The molecule has 0 saturated heterocycles. The molecule has 0 amide bonds. The van der Waals surface area contributed by atoms with Crippen molar-refractivity contribution in [3.63, 3.8) is 0 Å². The third-order valence-electron chi connectivity index (χ3n) is 2.51. The molecule has 2 aromatic rings. The number of aromatic nitrogens is 2. The molecule has 6 heteroatoms. The molecule has 0 aliphatic carbocycles. The summed E-state index contributed by atoms with van der Waals surface area (Å²) in [6.07, 6.45) is 3.11. The number of rotatable bonds is 5. The van der Waals surface area contributed by atoms with Gasteiger partial charge >= 0.3 is 5.97 Å². The highest BCUT2D eigenvalue weighted by atomic mass is 16.5. The lowest BCUT2D eigenvalue weighted by atomic mass is 10.3. The lowest BCUT2D eigenvalue weighted by Gasteiger charge is -2.02. The molecule has 0 aliphatic heterocycles. The standard InChI is InChI=1S/C13H15N3O3/c1-9-15-4-3-11(16-9)6-14-7-12-5-10(8-19-12)13(17)18-2/h3-5,8,14H,6-7H2,1-2H3. The summed E-state index contributed by atoms with van der Waals surface area (Å²) < 4.78 is 9.85. The first-order chi connectivity index (χ1) is 9.19. The van der Waals surface area contributed by atoms with Crippen LogP contribution in [0.15, 0.2) is 29.0 Å². The van der Waals surface area contributed by atoms with Crippen LogP contribution in [0.5, 0.6) is 0 Å². The van der Waals surface area contributed by atoms with Gasteiger partial charge < -0.3 is 14.5 Å². The van der Waals surface area contributed by atoms with Gasteiger partial charge in [-0.25, -0.2) is 14.8 Å². The molecule has 100 valence electrons. The van der Waals surface area contributed by atoms with Crippen LogP contribution in [-0.4, -0.2) is 23.0 Å². The second-order valence-electron chi connectivity index (χ2n) is 3.99. The zero-order valence-corrected chi connectivity index (χ0v) is 10.8. The Morgan fingerprint density at radius 3 is 3.05 bits per heavy atom. The zero-order chi connectivity index (χ0) is 13.7. The van der Waals surface area contributed by atoms with E-state index in [0.29, 0.717) is 24.4 Å². The lowest BCUT2D eigenvalue weighted by Crippen LogP contribution is -2.13. The minimum atomic E-state index is -0.401. The topological polar surface area (TPSA) is 77.2 Å². The van der Waals surface area contributed by atoms with Crippen LogP contribution in [0.4, 0.5) is 0 Å². The van der Waals surface area contributed by atoms with Crippen LogP contribution < -0.4 is 5.32 Å². The summed E-state index contributed by atoms with van der Waals surface area (Å²) in [5.74, 6) is 1.01. The molecule has 2 heterocycles. The number of carbonyl (C=O) groups excluding carboxylic acids is 1. The Morgan fingerprint density at radius 2 is 2.32 bits per heavy atom. The van der Waals surface area contributed by atoms with E-state index in [4.69, 9.17) is 4.42 Å². The highest BCUT2D eigenvalue weighted by Gasteiger charge is 2.09. The normalized spacial score (nSPS) is 10.4. The molecule has 0 unspecified atom stereocenters. The van der Waals surface area contributed by atoms with Crippen molar-refractivity contribution in [1.82, 2.24) is 15.3 Å². The summed E-state index contributed by atoms with van der Waals surface area (Å²) in [6.45, 7) is 2.97. The van der Waals surface area contributed by atoms with Crippen molar-refractivity contribution in [3.8, 4) is 0 Å². The molecule has 0 spiro atoms. The number of furan rings is 1. The molecule has 0 aliphatic rings. The molecule has 0 fully saturated rings. The Bertz CT molecular complexity index is 566. The summed E-state index contributed by atoms with van der Waals surface area (Å²) >= 11 is 0. The largest absolute Gasteiger partial charge is 0.467 e. The van der Waals surface area contributed by atoms with Crippen molar-refractivity contribution in [2.75, 3.05) is 7.11 Å². The average Bonchev–Trinajstić information content (AvgIpc) is 2.87. The fraction of sp³-hybridized carbons (Fsp3) is 0.308. The van der Waals surface area contributed by atoms with Crippen LogP contribution in [0, 0.1) is 6.92 Å². The van der Waals surface area contributed by atoms with E-state index in [1.807, 2.05) is 13.0 Å². The number of nitrogens with one attached hydrogen (secondary N) is 1. The van der Waals surface area contributed by atoms with E-state index in [0.717, 1.165) is 11.5 Å². The van der Waals surface area contributed by atoms with Gasteiger partial charge in [-0.2, -0.15) is 0 Å².